The normalized spacial score (nSPS) is 14.0. The molecule has 0 aromatic heterocycles. The zero-order valence-electron chi connectivity index (χ0n) is 52.6. The van der Waals surface area contributed by atoms with Gasteiger partial charge in [-0.25, -0.2) is 4.79 Å². The van der Waals surface area contributed by atoms with Crippen molar-refractivity contribution in [2.24, 2.45) is 39.9 Å². The summed E-state index contributed by atoms with van der Waals surface area (Å²) in [4.78, 5) is 165. The van der Waals surface area contributed by atoms with E-state index < -0.39 is 157 Å². The Morgan fingerprint density at radius 3 is 1.39 bits per heavy atom. The molecule has 0 saturated heterocycles. The fraction of sp³-hybridized carbons (Fsp3) is 0.500. The molecule has 0 heterocycles. The number of aromatic hydroxyl groups is 1. The molecule has 30 heteroatoms. The Morgan fingerprint density at radius 1 is 0.478 bits per heavy atom. The molecule has 10 amide bonds. The third-order valence-corrected chi connectivity index (χ3v) is 14.4. The molecule has 29 nitrogen and oxygen atoms in total. The van der Waals surface area contributed by atoms with E-state index in [1.807, 2.05) is 13.8 Å². The molecule has 0 aliphatic carbocycles. The number of carbonyl (C=O) groups excluding carboxylic acids is 10. The third kappa shape index (κ3) is 29.1. The van der Waals surface area contributed by atoms with Gasteiger partial charge < -0.3 is 85.7 Å². The SMILES string of the molecule is CC(C)C[C@H](NC(=O)[C@H](Cc1ccc(O)cc1)NC(=O)[C@@H](N)CC(C)C)C(=O)N[C@H](C(=O)N[C@@H](CS)C(=O)NCC(=O)N[C@@H](CCC(=O)O)C(=O)N[C@@H](CCCN=C(N)N)C(=O)NCC(=O)N[C@@H](Cc1ccccc1)C(=O)N[C@@H](Cc1ccccc1)C(=O)O)C(C)C. The van der Waals surface area contributed by atoms with Crippen LogP contribution in [-0.4, -0.2) is 172 Å². The summed E-state index contributed by atoms with van der Waals surface area (Å²) in [6.45, 7) is 8.99. The molecular formula is C62H90N14O15S. The van der Waals surface area contributed by atoms with E-state index >= 15 is 0 Å². The maximum Gasteiger partial charge on any atom is 0.326 e. The topological polar surface area (TPSA) is 476 Å². The first-order valence-corrected chi connectivity index (χ1v) is 30.8. The van der Waals surface area contributed by atoms with E-state index in [0.717, 1.165) is 0 Å². The van der Waals surface area contributed by atoms with Crippen molar-refractivity contribution >= 4 is 89.6 Å². The van der Waals surface area contributed by atoms with Gasteiger partial charge in [-0.15, -0.1) is 0 Å². The van der Waals surface area contributed by atoms with Gasteiger partial charge in [0.05, 0.1) is 19.1 Å². The quantitative estimate of drug-likeness (QED) is 0.0134. The molecule has 3 aromatic rings. The molecule has 0 saturated carbocycles. The molecule has 19 N–H and O–H groups in total. The molecule has 3 aromatic carbocycles. The average Bonchev–Trinajstić information content (AvgIpc) is 1.15. The van der Waals surface area contributed by atoms with Gasteiger partial charge in [-0.2, -0.15) is 12.6 Å². The number of phenolic OH excluding ortho intramolecular Hbond substituents is 1. The van der Waals surface area contributed by atoms with Gasteiger partial charge in [0.2, 0.25) is 59.1 Å². The lowest BCUT2D eigenvalue weighted by Gasteiger charge is -2.29. The lowest BCUT2D eigenvalue weighted by molar-refractivity contribution is -0.142. The number of hydrogen-bond donors (Lipinski definition) is 17. The van der Waals surface area contributed by atoms with Crippen molar-refractivity contribution in [3.63, 3.8) is 0 Å². The van der Waals surface area contributed by atoms with E-state index in [4.69, 9.17) is 17.2 Å². The van der Waals surface area contributed by atoms with Crippen LogP contribution >= 0.6 is 12.6 Å². The number of hydrogen-bond acceptors (Lipinski definition) is 16. The monoisotopic (exact) mass is 1300 g/mol. The van der Waals surface area contributed by atoms with E-state index in [9.17, 15) is 72.9 Å². The number of benzene rings is 3. The zero-order valence-corrected chi connectivity index (χ0v) is 53.5. The van der Waals surface area contributed by atoms with Crippen LogP contribution < -0.4 is 70.4 Å². The van der Waals surface area contributed by atoms with Gasteiger partial charge in [-0.05, 0) is 78.7 Å². The minimum atomic E-state index is -1.64. The van der Waals surface area contributed by atoms with Crippen LogP contribution in [0.3, 0.4) is 0 Å². The number of amides is 10. The summed E-state index contributed by atoms with van der Waals surface area (Å²) in [5, 5.41) is 54.5. The van der Waals surface area contributed by atoms with Crippen LogP contribution in [0.1, 0.15) is 96.8 Å². The zero-order chi connectivity index (χ0) is 68.6. The van der Waals surface area contributed by atoms with Crippen LogP contribution in [0, 0.1) is 17.8 Å². The number of nitrogens with two attached hydrogens (primary N) is 3. The van der Waals surface area contributed by atoms with Crippen LogP contribution in [0.5, 0.6) is 5.75 Å². The number of thiol groups is 1. The van der Waals surface area contributed by atoms with E-state index in [2.05, 4.69) is 70.8 Å². The Labute approximate surface area is 539 Å². The van der Waals surface area contributed by atoms with Crippen molar-refractivity contribution in [3.8, 4) is 5.75 Å². The molecule has 0 aliphatic heterocycles. The highest BCUT2D eigenvalue weighted by Gasteiger charge is 2.35. The first kappa shape index (κ1) is 76.9. The van der Waals surface area contributed by atoms with Gasteiger partial charge in [0.15, 0.2) is 5.96 Å². The number of carboxylic acid groups (broad SMARTS) is 2. The van der Waals surface area contributed by atoms with Crippen LogP contribution in [0.15, 0.2) is 89.9 Å². The van der Waals surface area contributed by atoms with E-state index in [1.54, 1.807) is 100 Å². The number of phenols is 1. The first-order chi connectivity index (χ1) is 43.5. The Hall–Kier alpha value is -9.32. The van der Waals surface area contributed by atoms with Gasteiger partial charge in [-0.1, -0.05) is 114 Å². The maximum absolute atomic E-state index is 14.1. The third-order valence-electron chi connectivity index (χ3n) is 14.0. The number of rotatable bonds is 40. The number of nitrogens with one attached hydrogen (secondary N) is 10. The van der Waals surface area contributed by atoms with Crippen LogP contribution in [0.25, 0.3) is 0 Å². The molecular weight excluding hydrogens is 1210 g/mol. The summed E-state index contributed by atoms with van der Waals surface area (Å²) in [5.74, 6) is -12.6. The van der Waals surface area contributed by atoms with Gasteiger partial charge in [0.1, 0.15) is 54.1 Å². The highest BCUT2D eigenvalue weighted by molar-refractivity contribution is 7.80. The second-order valence-electron chi connectivity index (χ2n) is 23.2. The fourth-order valence-corrected chi connectivity index (χ4v) is 9.48. The van der Waals surface area contributed by atoms with Crippen molar-refractivity contribution in [2.45, 2.75) is 154 Å². The molecule has 0 spiro atoms. The molecule has 92 heavy (non-hydrogen) atoms. The molecule has 0 aliphatic rings. The van der Waals surface area contributed by atoms with Gasteiger partial charge in [0, 0.05) is 38.0 Å². The van der Waals surface area contributed by atoms with Crippen molar-refractivity contribution in [2.75, 3.05) is 25.4 Å². The van der Waals surface area contributed by atoms with Crippen molar-refractivity contribution < 1.29 is 72.9 Å². The molecule has 0 radical (unpaired) electrons. The number of carbonyl (C=O) groups is 12. The van der Waals surface area contributed by atoms with Crippen molar-refractivity contribution in [1.82, 2.24) is 53.2 Å². The minimum absolute atomic E-state index is 0.0203. The average molecular weight is 1300 g/mol. The molecule has 0 fully saturated rings. The maximum atomic E-state index is 14.1. The Kier molecular flexibility index (Phi) is 33.2. The highest BCUT2D eigenvalue weighted by atomic mass is 32.1. The molecule has 504 valence electrons. The second-order valence-corrected chi connectivity index (χ2v) is 23.6. The molecule has 9 atom stereocenters. The predicted molar refractivity (Wildman–Crippen MR) is 344 cm³/mol. The summed E-state index contributed by atoms with van der Waals surface area (Å²) < 4.78 is 0. The summed E-state index contributed by atoms with van der Waals surface area (Å²) in [7, 11) is 0. The number of nitrogens with zero attached hydrogens (tertiary/aromatic N) is 1. The number of aliphatic carboxylic acids is 2. The Morgan fingerprint density at radius 2 is 0.902 bits per heavy atom. The standard InChI is InChI=1S/C62H90N14O15S/c1-34(2)26-41(63)53(82)72-46(29-39-19-21-40(77)22-20-39)58(87)73-44(27-35(3)4)59(88)76-52(36(5)6)60(89)75-48(33-92)55(84)68-31-49(78)69-43(23-24-51(80)81)56(85)71-42(18-13-25-66-62(64)65)54(83)67-32-50(79)70-45(28-37-14-9-7-10-15-37)57(86)74-47(61(90)91)30-38-16-11-8-12-17-38/h7-12,14-17,19-22,34-36,41-48,52,77,92H,13,18,23-33,63H2,1-6H3,(H,67,83)(H,68,84)(H,69,78)(H,70,79)(H,71,85)(H,72,82)(H,73,87)(H,74,86)(H,75,89)(H,76,88)(H,80,81)(H,90,91)(H4,64,65,66)/t41-,42-,43-,44-,45-,46-,47-,48-,52-/m0/s1. The van der Waals surface area contributed by atoms with Gasteiger partial charge >= 0.3 is 11.9 Å². The lowest BCUT2D eigenvalue weighted by atomic mass is 9.98. The highest BCUT2D eigenvalue weighted by Crippen LogP contribution is 2.15. The largest absolute Gasteiger partial charge is 0.508 e. The summed E-state index contributed by atoms with van der Waals surface area (Å²) in [6.07, 6.45) is -1.05. The van der Waals surface area contributed by atoms with E-state index in [0.29, 0.717) is 23.1 Å². The summed E-state index contributed by atoms with van der Waals surface area (Å²) >= 11 is 4.22. The number of guanidine groups is 1. The Balaban J connectivity index is 1.73. The molecule has 0 unspecified atom stereocenters. The molecule has 3 rings (SSSR count). The van der Waals surface area contributed by atoms with Crippen LogP contribution in [0.2, 0.25) is 0 Å². The van der Waals surface area contributed by atoms with Crippen molar-refractivity contribution in [1.29, 1.82) is 0 Å². The second kappa shape index (κ2) is 39.7. The fourth-order valence-electron chi connectivity index (χ4n) is 9.22. The van der Waals surface area contributed by atoms with Crippen LogP contribution in [-0.2, 0) is 76.8 Å². The minimum Gasteiger partial charge on any atom is -0.508 e. The van der Waals surface area contributed by atoms with E-state index in [-0.39, 0.29) is 74.4 Å². The number of carboxylic acids is 2. The Bertz CT molecular complexity index is 2990. The predicted octanol–water partition coefficient (Wildman–Crippen LogP) is -1.46. The lowest BCUT2D eigenvalue weighted by Crippen LogP contribution is -2.60. The van der Waals surface area contributed by atoms with E-state index in [1.165, 1.54) is 12.1 Å². The summed E-state index contributed by atoms with van der Waals surface area (Å²) in [5.41, 5.74) is 18.9. The van der Waals surface area contributed by atoms with Gasteiger partial charge in [0.25, 0.3) is 0 Å². The van der Waals surface area contributed by atoms with Gasteiger partial charge in [-0.3, -0.25) is 57.7 Å². The molecule has 0 bridgehead atoms. The smallest absolute Gasteiger partial charge is 0.326 e. The van der Waals surface area contributed by atoms with Crippen LogP contribution in [0.4, 0.5) is 0 Å². The van der Waals surface area contributed by atoms with Crippen molar-refractivity contribution in [3.05, 3.63) is 102 Å². The number of aliphatic imine (C=N–C) groups is 1. The first-order valence-electron chi connectivity index (χ1n) is 30.1. The summed E-state index contributed by atoms with van der Waals surface area (Å²) in [6, 6.07) is 11.1.